The SMILES string of the molecule is CCN1C(=O)[C@@H](NC(=O)c2ccc3cn[nH]c3c2)[C@@H](C2CC2)c2c(C(=O)N3[C@H](C#N)C[C@H]4C[C@H]43)nn(C3CCOCC3)c21. The van der Waals surface area contributed by atoms with Crippen LogP contribution in [0, 0.1) is 23.2 Å². The number of benzene rings is 1. The molecule has 0 unspecified atom stereocenters. The Bertz CT molecular complexity index is 1680. The number of hydrogen-bond donors (Lipinski definition) is 2. The Balaban J connectivity index is 1.24. The predicted octanol–water partition coefficient (Wildman–Crippen LogP) is 2.90. The van der Waals surface area contributed by atoms with Crippen LogP contribution in [-0.2, 0) is 9.53 Å². The van der Waals surface area contributed by atoms with Gasteiger partial charge in [0.2, 0.25) is 0 Å². The number of carbonyl (C=O) groups excluding carboxylic acids is 3. The quantitative estimate of drug-likeness (QED) is 0.454. The lowest BCUT2D eigenvalue weighted by molar-refractivity contribution is -0.121. The Kier molecular flexibility index (Phi) is 6.08. The van der Waals surface area contributed by atoms with Gasteiger partial charge in [0.25, 0.3) is 17.7 Å². The molecule has 3 amide bonds. The highest BCUT2D eigenvalue weighted by Crippen LogP contribution is 2.53. The summed E-state index contributed by atoms with van der Waals surface area (Å²) in [6.07, 6.45) is 6.57. The lowest BCUT2D eigenvalue weighted by atomic mass is 9.82. The van der Waals surface area contributed by atoms with Gasteiger partial charge in [0.05, 0.1) is 23.8 Å². The number of nitriles is 1. The average molecular weight is 583 g/mol. The van der Waals surface area contributed by atoms with Crippen LogP contribution >= 0.6 is 0 Å². The highest BCUT2D eigenvalue weighted by Gasteiger charge is 2.57. The number of carbonyl (C=O) groups is 3. The van der Waals surface area contributed by atoms with Gasteiger partial charge in [0.15, 0.2) is 5.69 Å². The molecule has 2 saturated carbocycles. The van der Waals surface area contributed by atoms with Crippen molar-refractivity contribution >= 4 is 34.4 Å². The highest BCUT2D eigenvalue weighted by molar-refractivity contribution is 6.07. The minimum Gasteiger partial charge on any atom is -0.381 e. The number of anilines is 1. The van der Waals surface area contributed by atoms with E-state index in [1.54, 1.807) is 28.1 Å². The molecule has 2 N–H and O–H groups in total. The van der Waals surface area contributed by atoms with Crippen LogP contribution in [0.25, 0.3) is 10.9 Å². The van der Waals surface area contributed by atoms with Crippen molar-refractivity contribution < 1.29 is 19.1 Å². The zero-order valence-electron chi connectivity index (χ0n) is 24.0. The Hall–Kier alpha value is -4.24. The van der Waals surface area contributed by atoms with Crippen LogP contribution in [0.1, 0.15) is 83.8 Å². The molecule has 2 saturated heterocycles. The van der Waals surface area contributed by atoms with E-state index in [0.717, 1.165) is 48.6 Å². The number of aromatic nitrogens is 4. The third kappa shape index (κ3) is 4.16. The van der Waals surface area contributed by atoms with Gasteiger partial charge in [-0.2, -0.15) is 15.5 Å². The number of hydrogen-bond acceptors (Lipinski definition) is 7. The van der Waals surface area contributed by atoms with Crippen molar-refractivity contribution in [3.63, 3.8) is 0 Å². The monoisotopic (exact) mass is 582 g/mol. The second kappa shape index (κ2) is 9.91. The number of amides is 3. The summed E-state index contributed by atoms with van der Waals surface area (Å²) in [7, 11) is 0. The number of rotatable bonds is 6. The van der Waals surface area contributed by atoms with E-state index in [9.17, 15) is 19.6 Å². The molecular weight excluding hydrogens is 548 g/mol. The summed E-state index contributed by atoms with van der Waals surface area (Å²) in [6.45, 7) is 3.45. The molecule has 2 aliphatic carbocycles. The van der Waals surface area contributed by atoms with E-state index >= 15 is 0 Å². The molecule has 5 aliphatic rings. The lowest BCUT2D eigenvalue weighted by Crippen LogP contribution is -2.56. The molecule has 12 heteroatoms. The molecule has 0 bridgehead atoms. The fourth-order valence-electron chi connectivity index (χ4n) is 7.66. The number of ether oxygens (including phenoxy) is 1. The number of piperidine rings is 1. The maximum absolute atomic E-state index is 14.4. The largest absolute Gasteiger partial charge is 0.381 e. The highest BCUT2D eigenvalue weighted by atomic mass is 16.5. The molecule has 3 aliphatic heterocycles. The van der Waals surface area contributed by atoms with Crippen molar-refractivity contribution in [1.82, 2.24) is 30.2 Å². The molecule has 0 spiro atoms. The maximum atomic E-state index is 14.4. The van der Waals surface area contributed by atoms with Gasteiger partial charge in [-0.05, 0) is 69.4 Å². The number of H-pyrrole nitrogens is 1. The fraction of sp³-hybridized carbons (Fsp3) is 0.548. The van der Waals surface area contributed by atoms with E-state index in [1.807, 2.05) is 17.7 Å². The van der Waals surface area contributed by atoms with Crippen LogP contribution in [-0.4, -0.2) is 80.5 Å². The predicted molar refractivity (Wildman–Crippen MR) is 154 cm³/mol. The normalized spacial score (nSPS) is 28.5. The first kappa shape index (κ1) is 26.4. The van der Waals surface area contributed by atoms with E-state index < -0.39 is 18.0 Å². The minimum absolute atomic E-state index is 0.0166. The van der Waals surface area contributed by atoms with Crippen molar-refractivity contribution in [2.75, 3.05) is 24.7 Å². The molecule has 12 nitrogen and oxygen atoms in total. The van der Waals surface area contributed by atoms with Crippen molar-refractivity contribution in [3.05, 3.63) is 41.2 Å². The van der Waals surface area contributed by atoms with E-state index in [-0.39, 0.29) is 35.7 Å². The van der Waals surface area contributed by atoms with Gasteiger partial charge in [-0.25, -0.2) is 4.68 Å². The maximum Gasteiger partial charge on any atom is 0.276 e. The summed E-state index contributed by atoms with van der Waals surface area (Å²) in [5.74, 6) is 0.0153. The molecule has 0 radical (unpaired) electrons. The minimum atomic E-state index is -0.845. The Labute approximate surface area is 248 Å². The van der Waals surface area contributed by atoms with Crippen LogP contribution in [0.2, 0.25) is 0 Å². The van der Waals surface area contributed by atoms with Crippen molar-refractivity contribution in [2.45, 2.75) is 75.5 Å². The summed E-state index contributed by atoms with van der Waals surface area (Å²) >= 11 is 0. The van der Waals surface area contributed by atoms with E-state index in [1.165, 1.54) is 0 Å². The first-order valence-electron chi connectivity index (χ1n) is 15.5. The third-order valence-electron chi connectivity index (χ3n) is 10.1. The van der Waals surface area contributed by atoms with Crippen molar-refractivity contribution in [3.8, 4) is 6.07 Å². The van der Waals surface area contributed by atoms with Crippen LogP contribution in [0.5, 0.6) is 0 Å². The summed E-state index contributed by atoms with van der Waals surface area (Å²) in [6, 6.07) is 6.37. The number of likely N-dealkylation sites (tertiary alicyclic amines) is 1. The second-order valence-electron chi connectivity index (χ2n) is 12.6. The van der Waals surface area contributed by atoms with Gasteiger partial charge in [-0.15, -0.1) is 0 Å². The van der Waals surface area contributed by atoms with E-state index in [2.05, 4.69) is 21.6 Å². The van der Waals surface area contributed by atoms with Gasteiger partial charge >= 0.3 is 0 Å². The summed E-state index contributed by atoms with van der Waals surface area (Å²) in [5.41, 5.74) is 2.24. The van der Waals surface area contributed by atoms with Gasteiger partial charge in [-0.3, -0.25) is 24.4 Å². The summed E-state index contributed by atoms with van der Waals surface area (Å²) < 4.78 is 7.53. The Morgan fingerprint density at radius 1 is 1.16 bits per heavy atom. The second-order valence-corrected chi connectivity index (χ2v) is 12.6. The van der Waals surface area contributed by atoms with Crippen LogP contribution < -0.4 is 10.2 Å². The molecule has 3 aromatic rings. The molecule has 5 atom stereocenters. The molecule has 5 heterocycles. The third-order valence-corrected chi connectivity index (χ3v) is 10.1. The first-order chi connectivity index (χ1) is 21.0. The zero-order chi connectivity index (χ0) is 29.4. The van der Waals surface area contributed by atoms with Gasteiger partial charge < -0.3 is 15.0 Å². The number of nitrogens with zero attached hydrogens (tertiary/aromatic N) is 6. The lowest BCUT2D eigenvalue weighted by Gasteiger charge is -2.39. The van der Waals surface area contributed by atoms with Gasteiger partial charge in [0, 0.05) is 48.2 Å². The number of fused-ring (bicyclic) bond motifs is 3. The molecular formula is C31H34N8O4. The molecule has 2 aromatic heterocycles. The molecule has 43 heavy (non-hydrogen) atoms. The fourth-order valence-corrected chi connectivity index (χ4v) is 7.66. The van der Waals surface area contributed by atoms with Gasteiger partial charge in [-0.1, -0.05) is 6.07 Å². The van der Waals surface area contributed by atoms with Crippen LogP contribution in [0.3, 0.4) is 0 Å². The van der Waals surface area contributed by atoms with E-state index in [0.29, 0.717) is 49.2 Å². The summed E-state index contributed by atoms with van der Waals surface area (Å²) in [4.78, 5) is 45.8. The molecule has 1 aromatic carbocycles. The first-order valence-corrected chi connectivity index (χ1v) is 15.5. The number of nitrogens with one attached hydrogen (secondary N) is 2. The number of aromatic amines is 1. The van der Waals surface area contributed by atoms with E-state index in [4.69, 9.17) is 9.84 Å². The van der Waals surface area contributed by atoms with Gasteiger partial charge in [0.1, 0.15) is 17.9 Å². The number of likely N-dealkylation sites (N-methyl/N-ethyl adjacent to an activating group) is 1. The zero-order valence-corrected chi connectivity index (χ0v) is 24.0. The molecule has 4 fully saturated rings. The Morgan fingerprint density at radius 3 is 2.72 bits per heavy atom. The average Bonchev–Trinajstić information content (AvgIpc) is 3.88. The molecule has 8 rings (SSSR count). The topological polar surface area (TPSA) is 149 Å². The van der Waals surface area contributed by atoms with Crippen molar-refractivity contribution in [1.29, 1.82) is 5.26 Å². The standard InChI is InChI=1S/C31H34N8O4/c1-2-37-29-25(24(16-3-4-16)26(30(37)41)34-28(40)17-5-6-18-15-33-35-22(18)12-17)27(36-39(29)20-7-9-43-10-8-20)31(42)38-21(14-32)11-19-13-23(19)38/h5-6,12,15-16,19-21,23-24,26H,2-4,7-11,13H2,1H3,(H,33,35)(H,34,40)/t19-,21-,23+,24-,26-/m0/s1. The molecule has 222 valence electrons. The van der Waals surface area contributed by atoms with Crippen LogP contribution in [0.15, 0.2) is 24.4 Å². The smallest absolute Gasteiger partial charge is 0.276 e. The van der Waals surface area contributed by atoms with Crippen LogP contribution in [0.4, 0.5) is 5.82 Å². The van der Waals surface area contributed by atoms with Crippen molar-refractivity contribution in [2.24, 2.45) is 11.8 Å². The summed E-state index contributed by atoms with van der Waals surface area (Å²) in [5, 5.41) is 25.8. The Morgan fingerprint density at radius 2 is 1.98 bits per heavy atom.